The second-order valence-electron chi connectivity index (χ2n) is 6.90. The zero-order valence-corrected chi connectivity index (χ0v) is 18.6. The van der Waals surface area contributed by atoms with Crippen molar-refractivity contribution in [2.45, 2.75) is 6.92 Å². The third kappa shape index (κ3) is 3.67. The summed E-state index contributed by atoms with van der Waals surface area (Å²) in [6.07, 6.45) is 3.61. The van der Waals surface area contributed by atoms with Gasteiger partial charge in [-0.2, -0.15) is 0 Å². The molecule has 8 nitrogen and oxygen atoms in total. The molecule has 0 unspecified atom stereocenters. The molecule has 0 aliphatic heterocycles. The van der Waals surface area contributed by atoms with Crippen LogP contribution in [0.4, 0.5) is 11.1 Å². The summed E-state index contributed by atoms with van der Waals surface area (Å²) in [7, 11) is 3.23. The first-order valence-corrected chi connectivity index (χ1v) is 10.9. The van der Waals surface area contributed by atoms with Crippen LogP contribution < -0.4 is 19.5 Å². The van der Waals surface area contributed by atoms with Gasteiger partial charge in [0.05, 0.1) is 36.7 Å². The van der Waals surface area contributed by atoms with Crippen molar-refractivity contribution < 1.29 is 14.2 Å². The predicted molar refractivity (Wildman–Crippen MR) is 126 cm³/mol. The van der Waals surface area contributed by atoms with Crippen LogP contribution in [0, 0.1) is 0 Å². The molecule has 0 fully saturated rings. The van der Waals surface area contributed by atoms with E-state index in [-0.39, 0.29) is 0 Å². The molecule has 162 valence electrons. The molecule has 0 aliphatic rings. The molecule has 3 heterocycles. The van der Waals surface area contributed by atoms with Crippen LogP contribution in [0.5, 0.6) is 17.2 Å². The third-order valence-corrected chi connectivity index (χ3v) is 5.89. The van der Waals surface area contributed by atoms with E-state index in [1.807, 2.05) is 60.0 Å². The minimum absolute atomic E-state index is 0.619. The van der Waals surface area contributed by atoms with Gasteiger partial charge in [-0.1, -0.05) is 11.3 Å². The predicted octanol–water partition coefficient (Wildman–Crippen LogP) is 5.17. The number of anilines is 2. The van der Waals surface area contributed by atoms with Gasteiger partial charge in [0.1, 0.15) is 11.4 Å². The minimum Gasteiger partial charge on any atom is -0.494 e. The van der Waals surface area contributed by atoms with Crippen LogP contribution in [0.3, 0.4) is 0 Å². The molecule has 0 saturated carbocycles. The average Bonchev–Trinajstić information content (AvgIpc) is 3.45. The molecule has 0 amide bonds. The van der Waals surface area contributed by atoms with Crippen molar-refractivity contribution in [3.8, 4) is 28.5 Å². The molecule has 0 radical (unpaired) electrons. The van der Waals surface area contributed by atoms with Crippen molar-refractivity contribution in [3.63, 3.8) is 0 Å². The zero-order valence-electron chi connectivity index (χ0n) is 17.8. The minimum atomic E-state index is 0.619. The summed E-state index contributed by atoms with van der Waals surface area (Å²) in [6, 6.07) is 13.5. The summed E-state index contributed by atoms with van der Waals surface area (Å²) in [5, 5.41) is 4.09. The number of rotatable bonds is 7. The molecular formula is C23H21N5O3S. The largest absolute Gasteiger partial charge is 0.494 e. The fourth-order valence-corrected chi connectivity index (χ4v) is 4.35. The number of aromatic nitrogens is 4. The van der Waals surface area contributed by atoms with Crippen molar-refractivity contribution >= 4 is 38.3 Å². The highest BCUT2D eigenvalue weighted by Crippen LogP contribution is 2.34. The number of imidazole rings is 1. The lowest BCUT2D eigenvalue weighted by atomic mass is 10.1. The van der Waals surface area contributed by atoms with Gasteiger partial charge >= 0.3 is 0 Å². The van der Waals surface area contributed by atoms with Crippen molar-refractivity contribution in [2.24, 2.45) is 0 Å². The Bertz CT molecular complexity index is 1410. The average molecular weight is 448 g/mol. The van der Waals surface area contributed by atoms with Gasteiger partial charge in [-0.3, -0.25) is 4.40 Å². The molecule has 9 heteroatoms. The SMILES string of the molecule is CCOc1ccc2nc(Nc3nc(-c4ccc(OC)c(OC)c4)cc4nccn34)sc2c1. The van der Waals surface area contributed by atoms with Crippen molar-refractivity contribution in [1.29, 1.82) is 0 Å². The van der Waals surface area contributed by atoms with E-state index in [1.54, 1.807) is 31.8 Å². The second-order valence-corrected chi connectivity index (χ2v) is 7.93. The van der Waals surface area contributed by atoms with E-state index in [0.717, 1.165) is 38.0 Å². The maximum Gasteiger partial charge on any atom is 0.215 e. The number of hydrogen-bond acceptors (Lipinski definition) is 8. The van der Waals surface area contributed by atoms with E-state index >= 15 is 0 Å². The summed E-state index contributed by atoms with van der Waals surface area (Å²) in [4.78, 5) is 14.0. The van der Waals surface area contributed by atoms with Crippen molar-refractivity contribution in [1.82, 2.24) is 19.4 Å². The first-order chi connectivity index (χ1) is 15.7. The number of benzene rings is 2. The van der Waals surface area contributed by atoms with Crippen LogP contribution in [0.15, 0.2) is 54.9 Å². The lowest BCUT2D eigenvalue weighted by molar-refractivity contribution is 0.341. The molecule has 0 spiro atoms. The molecule has 0 aliphatic carbocycles. The Morgan fingerprint density at radius 1 is 1.00 bits per heavy atom. The van der Waals surface area contributed by atoms with E-state index in [1.165, 1.54) is 0 Å². The normalized spacial score (nSPS) is 11.1. The molecule has 3 aromatic heterocycles. The molecule has 1 N–H and O–H groups in total. The van der Waals surface area contributed by atoms with Crippen LogP contribution in [-0.4, -0.2) is 40.2 Å². The van der Waals surface area contributed by atoms with Crippen LogP contribution in [0.2, 0.25) is 0 Å². The van der Waals surface area contributed by atoms with Gasteiger partial charge in [-0.05, 0) is 43.3 Å². The van der Waals surface area contributed by atoms with Crippen LogP contribution >= 0.6 is 11.3 Å². The van der Waals surface area contributed by atoms with Gasteiger partial charge in [0.2, 0.25) is 5.95 Å². The number of fused-ring (bicyclic) bond motifs is 2. The summed E-state index contributed by atoms with van der Waals surface area (Å²) in [6.45, 7) is 2.60. The highest BCUT2D eigenvalue weighted by Gasteiger charge is 2.13. The number of nitrogens with zero attached hydrogens (tertiary/aromatic N) is 4. The Hall–Kier alpha value is -3.85. The summed E-state index contributed by atoms with van der Waals surface area (Å²) in [5.74, 6) is 2.76. The van der Waals surface area contributed by atoms with Crippen molar-refractivity contribution in [3.05, 3.63) is 54.9 Å². The molecule has 0 saturated heterocycles. The molecule has 0 atom stereocenters. The van der Waals surface area contributed by atoms with Crippen LogP contribution in [-0.2, 0) is 0 Å². The molecule has 32 heavy (non-hydrogen) atoms. The van der Waals surface area contributed by atoms with E-state index in [2.05, 4.69) is 10.3 Å². The molecule has 5 rings (SSSR count). The fourth-order valence-electron chi connectivity index (χ4n) is 3.47. The first kappa shape index (κ1) is 20.1. The maximum atomic E-state index is 5.60. The van der Waals surface area contributed by atoms with Gasteiger partial charge in [-0.25, -0.2) is 15.0 Å². The zero-order chi connectivity index (χ0) is 22.1. The topological polar surface area (TPSA) is 82.8 Å². The maximum absolute atomic E-state index is 5.60. The summed E-state index contributed by atoms with van der Waals surface area (Å²) >= 11 is 1.54. The van der Waals surface area contributed by atoms with E-state index in [0.29, 0.717) is 24.1 Å². The van der Waals surface area contributed by atoms with Crippen molar-refractivity contribution in [2.75, 3.05) is 26.1 Å². The molecule has 2 aromatic carbocycles. The van der Waals surface area contributed by atoms with E-state index < -0.39 is 0 Å². The standard InChI is InChI=1S/C23H21N5O3S/c1-4-31-15-6-7-16-20(12-15)32-23(26-16)27-22-25-17(13-21-24-9-10-28(21)22)14-5-8-18(29-2)19(11-14)30-3/h5-13H,4H2,1-3H3,(H,25,26,27). The highest BCUT2D eigenvalue weighted by atomic mass is 32.1. The van der Waals surface area contributed by atoms with Gasteiger partial charge in [0, 0.05) is 24.0 Å². The molecule has 5 aromatic rings. The van der Waals surface area contributed by atoms with Gasteiger partial charge < -0.3 is 19.5 Å². The third-order valence-electron chi connectivity index (χ3n) is 4.96. The number of ether oxygens (including phenoxy) is 3. The number of nitrogens with one attached hydrogen (secondary N) is 1. The summed E-state index contributed by atoms with van der Waals surface area (Å²) in [5.41, 5.74) is 3.32. The molecular weight excluding hydrogens is 426 g/mol. The second kappa shape index (κ2) is 8.35. The number of thiazole rings is 1. The Balaban J connectivity index is 1.54. The van der Waals surface area contributed by atoms with Crippen LogP contribution in [0.25, 0.3) is 27.1 Å². The lowest BCUT2D eigenvalue weighted by Gasteiger charge is -2.11. The highest BCUT2D eigenvalue weighted by molar-refractivity contribution is 7.22. The van der Waals surface area contributed by atoms with E-state index in [9.17, 15) is 0 Å². The van der Waals surface area contributed by atoms with Gasteiger partial charge in [0.15, 0.2) is 16.6 Å². The quantitative estimate of drug-likeness (QED) is 0.369. The van der Waals surface area contributed by atoms with Gasteiger partial charge in [-0.15, -0.1) is 0 Å². The number of hydrogen-bond donors (Lipinski definition) is 1. The Kier molecular flexibility index (Phi) is 5.24. The molecule has 0 bridgehead atoms. The first-order valence-electron chi connectivity index (χ1n) is 10.1. The lowest BCUT2D eigenvalue weighted by Crippen LogP contribution is -2.02. The monoisotopic (exact) mass is 447 g/mol. The summed E-state index contributed by atoms with van der Waals surface area (Å²) < 4.78 is 19.3. The Labute approximate surface area is 188 Å². The Morgan fingerprint density at radius 3 is 2.69 bits per heavy atom. The fraction of sp³-hybridized carbons (Fsp3) is 0.174. The van der Waals surface area contributed by atoms with E-state index in [4.69, 9.17) is 24.2 Å². The number of methoxy groups -OCH3 is 2. The Morgan fingerprint density at radius 2 is 1.88 bits per heavy atom. The van der Waals surface area contributed by atoms with Gasteiger partial charge in [0.25, 0.3) is 0 Å². The van der Waals surface area contributed by atoms with Crippen LogP contribution in [0.1, 0.15) is 6.92 Å². The smallest absolute Gasteiger partial charge is 0.215 e.